The van der Waals surface area contributed by atoms with Crippen LogP contribution in [-0.2, 0) is 6.42 Å². The lowest BCUT2D eigenvalue weighted by Gasteiger charge is -2.17. The third kappa shape index (κ3) is 1.54. The Morgan fingerprint density at radius 1 is 1.50 bits per heavy atom. The van der Waals surface area contributed by atoms with Crippen molar-refractivity contribution in [3.8, 4) is 0 Å². The molecule has 3 rings (SSSR count). The lowest BCUT2D eigenvalue weighted by atomic mass is 9.97. The Bertz CT molecular complexity index is 481. The molecule has 1 aliphatic carbocycles. The summed E-state index contributed by atoms with van der Waals surface area (Å²) in [6, 6.07) is 4.20. The molecule has 2 atom stereocenters. The molecule has 0 saturated heterocycles. The Morgan fingerprint density at radius 3 is 3.25 bits per heavy atom. The zero-order valence-electron chi connectivity index (χ0n) is 8.84. The second kappa shape index (κ2) is 3.96. The van der Waals surface area contributed by atoms with Crippen molar-refractivity contribution in [2.45, 2.75) is 24.8 Å². The minimum Gasteiger partial charge on any atom is -0.323 e. The average Bonchev–Trinajstić information content (AvgIpc) is 2.98. The van der Waals surface area contributed by atoms with E-state index in [1.807, 2.05) is 24.0 Å². The number of aryl methyl sites for hydroxylation is 1. The highest BCUT2D eigenvalue weighted by Crippen LogP contribution is 2.39. The zero-order valence-corrected chi connectivity index (χ0v) is 9.65. The molecule has 0 bridgehead atoms. The van der Waals surface area contributed by atoms with Crippen LogP contribution in [0.5, 0.6) is 0 Å². The summed E-state index contributed by atoms with van der Waals surface area (Å²) in [7, 11) is 0. The normalized spacial score (nSPS) is 20.7. The minimum absolute atomic E-state index is 0.0450. The van der Waals surface area contributed by atoms with Gasteiger partial charge >= 0.3 is 0 Å². The standard InChI is InChI=1S/C12H13N3S/c13-11(10-6-14-7-16-10)9-4-3-8-2-1-5-15-12(8)9/h1-2,5-7,9,11H,3-4,13H2. The molecule has 2 heterocycles. The van der Waals surface area contributed by atoms with Crippen molar-refractivity contribution in [3.63, 3.8) is 0 Å². The maximum Gasteiger partial charge on any atom is 0.0794 e. The van der Waals surface area contributed by atoms with Gasteiger partial charge in [0.1, 0.15) is 0 Å². The summed E-state index contributed by atoms with van der Waals surface area (Å²) in [6.45, 7) is 0. The van der Waals surface area contributed by atoms with Gasteiger partial charge in [-0.3, -0.25) is 9.97 Å². The highest BCUT2D eigenvalue weighted by molar-refractivity contribution is 7.09. The topological polar surface area (TPSA) is 51.8 Å². The Hall–Kier alpha value is -1.26. The molecule has 0 aliphatic heterocycles. The first-order valence-corrected chi connectivity index (χ1v) is 6.32. The van der Waals surface area contributed by atoms with E-state index in [0.717, 1.165) is 17.7 Å². The first kappa shape index (κ1) is 9.93. The lowest BCUT2D eigenvalue weighted by Crippen LogP contribution is -2.17. The maximum absolute atomic E-state index is 6.29. The maximum atomic E-state index is 6.29. The molecule has 0 amide bonds. The summed E-state index contributed by atoms with van der Waals surface area (Å²) in [5.74, 6) is 0.358. The Kier molecular flexibility index (Phi) is 2.46. The second-order valence-electron chi connectivity index (χ2n) is 4.12. The molecular weight excluding hydrogens is 218 g/mol. The van der Waals surface area contributed by atoms with Crippen molar-refractivity contribution in [1.82, 2.24) is 9.97 Å². The molecule has 16 heavy (non-hydrogen) atoms. The highest BCUT2D eigenvalue weighted by Gasteiger charge is 2.30. The van der Waals surface area contributed by atoms with Crippen LogP contribution in [-0.4, -0.2) is 9.97 Å². The molecule has 2 aromatic rings. The van der Waals surface area contributed by atoms with Crippen LogP contribution >= 0.6 is 11.3 Å². The van der Waals surface area contributed by atoms with Gasteiger partial charge in [-0.1, -0.05) is 6.07 Å². The summed E-state index contributed by atoms with van der Waals surface area (Å²) in [4.78, 5) is 9.72. The van der Waals surface area contributed by atoms with E-state index in [4.69, 9.17) is 5.73 Å². The molecule has 0 saturated carbocycles. The van der Waals surface area contributed by atoms with Crippen LogP contribution in [0.3, 0.4) is 0 Å². The van der Waals surface area contributed by atoms with E-state index in [-0.39, 0.29) is 6.04 Å². The molecule has 2 unspecified atom stereocenters. The predicted octanol–water partition coefficient (Wildman–Crippen LogP) is 2.27. The summed E-state index contributed by atoms with van der Waals surface area (Å²) in [5, 5.41) is 0. The third-order valence-electron chi connectivity index (χ3n) is 3.22. The number of aromatic nitrogens is 2. The van der Waals surface area contributed by atoms with Gasteiger partial charge in [0.25, 0.3) is 0 Å². The van der Waals surface area contributed by atoms with Gasteiger partial charge in [0.15, 0.2) is 0 Å². The Labute approximate surface area is 98.4 Å². The number of hydrogen-bond donors (Lipinski definition) is 1. The molecule has 0 spiro atoms. The molecule has 3 nitrogen and oxygen atoms in total. The monoisotopic (exact) mass is 231 g/mol. The van der Waals surface area contributed by atoms with Gasteiger partial charge in [-0.25, -0.2) is 0 Å². The smallest absolute Gasteiger partial charge is 0.0794 e. The van der Waals surface area contributed by atoms with Crippen molar-refractivity contribution in [3.05, 3.63) is 46.2 Å². The molecular formula is C12H13N3S. The quantitative estimate of drug-likeness (QED) is 0.862. The van der Waals surface area contributed by atoms with E-state index in [1.54, 1.807) is 11.3 Å². The summed E-state index contributed by atoms with van der Waals surface area (Å²) < 4.78 is 0. The van der Waals surface area contributed by atoms with Crippen LogP contribution in [0.1, 0.15) is 34.5 Å². The van der Waals surface area contributed by atoms with Crippen molar-refractivity contribution < 1.29 is 0 Å². The van der Waals surface area contributed by atoms with Crippen LogP contribution in [0.2, 0.25) is 0 Å². The SMILES string of the molecule is NC(c1cncs1)C1CCc2cccnc21. The van der Waals surface area contributed by atoms with Gasteiger partial charge < -0.3 is 5.73 Å². The summed E-state index contributed by atoms with van der Waals surface area (Å²) in [6.07, 6.45) is 5.93. The lowest BCUT2D eigenvalue weighted by molar-refractivity contribution is 0.547. The van der Waals surface area contributed by atoms with Crippen LogP contribution in [0.15, 0.2) is 30.0 Å². The van der Waals surface area contributed by atoms with Crippen LogP contribution < -0.4 is 5.73 Å². The largest absolute Gasteiger partial charge is 0.323 e. The first-order valence-electron chi connectivity index (χ1n) is 5.44. The van der Waals surface area contributed by atoms with Gasteiger partial charge in [0, 0.05) is 34.9 Å². The van der Waals surface area contributed by atoms with Crippen LogP contribution in [0.4, 0.5) is 0 Å². The fourth-order valence-corrected chi connectivity index (χ4v) is 3.07. The number of rotatable bonds is 2. The molecule has 82 valence electrons. The average molecular weight is 231 g/mol. The Balaban J connectivity index is 1.93. The van der Waals surface area contributed by atoms with Crippen molar-refractivity contribution in [2.24, 2.45) is 5.73 Å². The van der Waals surface area contributed by atoms with Gasteiger partial charge in [0.05, 0.1) is 5.51 Å². The molecule has 2 N–H and O–H groups in total. The fraction of sp³-hybridized carbons (Fsp3) is 0.333. The summed E-state index contributed by atoms with van der Waals surface area (Å²) in [5.41, 5.74) is 10.7. The van der Waals surface area contributed by atoms with Gasteiger partial charge in [0.2, 0.25) is 0 Å². The molecule has 0 aromatic carbocycles. The van der Waals surface area contributed by atoms with Crippen LogP contribution in [0.25, 0.3) is 0 Å². The zero-order chi connectivity index (χ0) is 11.0. The van der Waals surface area contributed by atoms with Crippen molar-refractivity contribution in [2.75, 3.05) is 0 Å². The number of fused-ring (bicyclic) bond motifs is 1. The summed E-state index contributed by atoms with van der Waals surface area (Å²) >= 11 is 1.63. The van der Waals surface area contributed by atoms with E-state index >= 15 is 0 Å². The number of nitrogens with zero attached hydrogens (tertiary/aromatic N) is 2. The van der Waals surface area contributed by atoms with Gasteiger partial charge in [-0.15, -0.1) is 11.3 Å². The third-order valence-corrected chi connectivity index (χ3v) is 4.09. The first-order chi connectivity index (χ1) is 7.86. The molecule has 0 fully saturated rings. The van der Waals surface area contributed by atoms with E-state index in [2.05, 4.69) is 16.0 Å². The predicted molar refractivity (Wildman–Crippen MR) is 64.3 cm³/mol. The second-order valence-corrected chi connectivity index (χ2v) is 5.04. The molecule has 4 heteroatoms. The van der Waals surface area contributed by atoms with Crippen LogP contribution in [0, 0.1) is 0 Å². The molecule has 1 aliphatic rings. The number of hydrogen-bond acceptors (Lipinski definition) is 4. The fourth-order valence-electron chi connectivity index (χ4n) is 2.38. The Morgan fingerprint density at radius 2 is 2.44 bits per heavy atom. The van der Waals surface area contributed by atoms with Gasteiger partial charge in [-0.05, 0) is 24.5 Å². The van der Waals surface area contributed by atoms with Crippen molar-refractivity contribution >= 4 is 11.3 Å². The molecule has 0 radical (unpaired) electrons. The number of thiazole rings is 1. The van der Waals surface area contributed by atoms with E-state index in [1.165, 1.54) is 11.3 Å². The van der Waals surface area contributed by atoms with E-state index in [9.17, 15) is 0 Å². The van der Waals surface area contributed by atoms with E-state index in [0.29, 0.717) is 5.92 Å². The minimum atomic E-state index is 0.0450. The number of nitrogens with two attached hydrogens (primary N) is 1. The highest BCUT2D eigenvalue weighted by atomic mass is 32.1. The molecule has 2 aromatic heterocycles. The number of pyridine rings is 1. The van der Waals surface area contributed by atoms with Gasteiger partial charge in [-0.2, -0.15) is 0 Å². The van der Waals surface area contributed by atoms with Crippen molar-refractivity contribution in [1.29, 1.82) is 0 Å². The van der Waals surface area contributed by atoms with E-state index < -0.39 is 0 Å².